The second kappa shape index (κ2) is 7.95. The first-order valence-electron chi connectivity index (χ1n) is 8.55. The minimum atomic E-state index is -8.42. The Bertz CT molecular complexity index is 748. The molecule has 196 valence electrons. The van der Waals surface area contributed by atoms with Crippen LogP contribution in [0.1, 0.15) is 20.3 Å². The lowest BCUT2D eigenvalue weighted by Crippen LogP contribution is -2.74. The van der Waals surface area contributed by atoms with Crippen molar-refractivity contribution in [1.82, 2.24) is 4.90 Å². The van der Waals surface area contributed by atoms with Crippen molar-refractivity contribution in [1.29, 1.82) is 0 Å². The third-order valence-corrected chi connectivity index (χ3v) is 5.04. The fourth-order valence-corrected chi connectivity index (χ4v) is 2.51. The molecule has 18 heteroatoms. The van der Waals surface area contributed by atoms with Gasteiger partial charge in [-0.25, -0.2) is 8.78 Å². The van der Waals surface area contributed by atoms with Crippen LogP contribution < -0.4 is 0 Å². The second-order valence-corrected chi connectivity index (χ2v) is 7.23. The summed E-state index contributed by atoms with van der Waals surface area (Å²) >= 11 is 0. The number of hydrogen-bond acceptors (Lipinski definition) is 1. The van der Waals surface area contributed by atoms with Gasteiger partial charge in [-0.1, -0.05) is 13.8 Å². The first-order valence-corrected chi connectivity index (χ1v) is 8.55. The number of halogens is 16. The molecule has 0 spiro atoms. The van der Waals surface area contributed by atoms with E-state index >= 15 is 0 Å². The van der Waals surface area contributed by atoms with Gasteiger partial charge in [-0.15, -0.1) is 0 Å². The molecular formula is C15H13F16NO. The largest absolute Gasteiger partial charge is 0.384 e. The molecule has 0 aromatic carbocycles. The van der Waals surface area contributed by atoms with Gasteiger partial charge in [0.1, 0.15) is 6.04 Å². The van der Waals surface area contributed by atoms with Crippen LogP contribution in [0.4, 0.5) is 70.2 Å². The minimum Gasteiger partial charge on any atom is -0.329 e. The highest BCUT2D eigenvalue weighted by Gasteiger charge is 2.94. The fourth-order valence-electron chi connectivity index (χ4n) is 2.51. The summed E-state index contributed by atoms with van der Waals surface area (Å²) in [6, 6.07) is -3.27. The maximum absolute atomic E-state index is 14.0. The van der Waals surface area contributed by atoms with Gasteiger partial charge in [-0.3, -0.25) is 4.79 Å². The van der Waals surface area contributed by atoms with Crippen molar-refractivity contribution in [2.75, 3.05) is 6.54 Å². The molecule has 1 aliphatic heterocycles. The Morgan fingerprint density at radius 3 is 1.48 bits per heavy atom. The molecule has 0 aliphatic carbocycles. The van der Waals surface area contributed by atoms with Gasteiger partial charge in [0.25, 0.3) is 0 Å². The van der Waals surface area contributed by atoms with E-state index in [1.165, 1.54) is 6.92 Å². The lowest BCUT2D eigenvalue weighted by molar-refractivity contribution is -0.447. The summed E-state index contributed by atoms with van der Waals surface area (Å²) in [5.41, 5.74) is 0. The maximum atomic E-state index is 14.0. The maximum Gasteiger partial charge on any atom is 0.384 e. The third-order valence-electron chi connectivity index (χ3n) is 5.04. The summed E-state index contributed by atoms with van der Waals surface area (Å²) in [6.07, 6.45) is -5.98. The van der Waals surface area contributed by atoms with Crippen LogP contribution in [-0.4, -0.2) is 71.3 Å². The Balaban J connectivity index is 3.47. The standard InChI is InChI=1S/C15H13F16NO/c1-3-5(2)7(33)32-4-6(32)9(18,19)11(22,23)13(26,27)15(30,31)14(28,29)12(24,25)10(20,21)8(16)17/h5-6,8H,3-4H2,1-2H3. The van der Waals surface area contributed by atoms with E-state index in [4.69, 9.17) is 0 Å². The molecule has 0 aromatic heterocycles. The van der Waals surface area contributed by atoms with Crippen molar-refractivity contribution in [2.45, 2.75) is 74.2 Å². The highest BCUT2D eigenvalue weighted by atomic mass is 19.4. The Kier molecular flexibility index (Phi) is 7.08. The van der Waals surface area contributed by atoms with Crippen molar-refractivity contribution in [3.8, 4) is 0 Å². The molecule has 2 nitrogen and oxygen atoms in total. The van der Waals surface area contributed by atoms with Gasteiger partial charge in [0.15, 0.2) is 0 Å². The molecule has 2 atom stereocenters. The Labute approximate surface area is 173 Å². The van der Waals surface area contributed by atoms with Gasteiger partial charge < -0.3 is 4.90 Å². The molecule has 1 amide bonds. The Hall–Kier alpha value is -1.65. The van der Waals surface area contributed by atoms with Gasteiger partial charge in [0, 0.05) is 12.5 Å². The highest BCUT2D eigenvalue weighted by molar-refractivity contribution is 5.81. The summed E-state index contributed by atoms with van der Waals surface area (Å²) in [7, 11) is 0. The van der Waals surface area contributed by atoms with E-state index in [2.05, 4.69) is 0 Å². The quantitative estimate of drug-likeness (QED) is 0.254. The predicted molar refractivity (Wildman–Crippen MR) is 75.6 cm³/mol. The van der Waals surface area contributed by atoms with Crippen LogP contribution in [-0.2, 0) is 4.79 Å². The molecule has 0 N–H and O–H groups in total. The summed E-state index contributed by atoms with van der Waals surface area (Å²) in [6.45, 7) is 0.895. The smallest absolute Gasteiger partial charge is 0.329 e. The molecule has 33 heavy (non-hydrogen) atoms. The highest BCUT2D eigenvalue weighted by Crippen LogP contribution is 2.63. The molecule has 0 saturated carbocycles. The molecular weight excluding hydrogens is 514 g/mol. The van der Waals surface area contributed by atoms with E-state index in [1.54, 1.807) is 0 Å². The molecule has 1 saturated heterocycles. The third kappa shape index (κ3) is 3.78. The normalized spacial score (nSPS) is 20.3. The number of amides is 1. The second-order valence-electron chi connectivity index (χ2n) is 7.23. The summed E-state index contributed by atoms with van der Waals surface area (Å²) in [5, 5.41) is 0. The van der Waals surface area contributed by atoms with Crippen LogP contribution in [0.3, 0.4) is 0 Å². The van der Waals surface area contributed by atoms with Crippen LogP contribution in [0.5, 0.6) is 0 Å². The van der Waals surface area contributed by atoms with Crippen molar-refractivity contribution in [2.24, 2.45) is 5.92 Å². The van der Waals surface area contributed by atoms with Crippen molar-refractivity contribution in [3.05, 3.63) is 0 Å². The Morgan fingerprint density at radius 2 is 1.12 bits per heavy atom. The summed E-state index contributed by atoms with van der Waals surface area (Å²) < 4.78 is 213. The number of carbonyl (C=O) groups is 1. The van der Waals surface area contributed by atoms with Crippen LogP contribution in [0.15, 0.2) is 0 Å². The van der Waals surface area contributed by atoms with Crippen LogP contribution in [0, 0.1) is 5.92 Å². The fraction of sp³-hybridized carbons (Fsp3) is 0.933. The minimum absolute atomic E-state index is 0.0993. The van der Waals surface area contributed by atoms with Gasteiger partial charge in [-0.05, 0) is 6.42 Å². The summed E-state index contributed by atoms with van der Waals surface area (Å²) in [4.78, 5) is 11.5. The Morgan fingerprint density at radius 1 is 0.758 bits per heavy atom. The average molecular weight is 527 g/mol. The SMILES string of the molecule is CCC(C)C(=O)N1CC1C(F)(F)C(F)(F)C(F)(F)C(F)(F)C(F)(F)C(F)(F)C(F)(F)C(F)F. The van der Waals surface area contributed by atoms with Crippen molar-refractivity contribution in [3.63, 3.8) is 0 Å². The lowest BCUT2D eigenvalue weighted by atomic mass is 9.88. The molecule has 1 rings (SSSR count). The first-order chi connectivity index (χ1) is 14.3. The van der Waals surface area contributed by atoms with E-state index in [0.717, 1.165) is 6.92 Å². The molecule has 0 radical (unpaired) electrons. The molecule has 0 aromatic rings. The van der Waals surface area contributed by atoms with Crippen LogP contribution >= 0.6 is 0 Å². The molecule has 1 heterocycles. The molecule has 0 bridgehead atoms. The van der Waals surface area contributed by atoms with E-state index in [0.29, 0.717) is 0 Å². The zero-order valence-corrected chi connectivity index (χ0v) is 16.0. The predicted octanol–water partition coefficient (Wildman–Crippen LogP) is 5.96. The monoisotopic (exact) mass is 527 g/mol. The number of alkyl halides is 16. The zero-order chi connectivity index (χ0) is 26.8. The topological polar surface area (TPSA) is 20.1 Å². The number of hydrogen-bond donors (Lipinski definition) is 0. The number of nitrogens with zero attached hydrogens (tertiary/aromatic N) is 1. The van der Waals surface area contributed by atoms with E-state index in [9.17, 15) is 75.0 Å². The van der Waals surface area contributed by atoms with E-state index in [-0.39, 0.29) is 11.3 Å². The number of rotatable bonds is 10. The van der Waals surface area contributed by atoms with Gasteiger partial charge in [0.05, 0.1) is 0 Å². The zero-order valence-electron chi connectivity index (χ0n) is 16.0. The van der Waals surface area contributed by atoms with E-state index in [1.807, 2.05) is 0 Å². The molecule has 1 aliphatic rings. The molecule has 1 fully saturated rings. The van der Waals surface area contributed by atoms with E-state index < -0.39 is 72.3 Å². The number of carbonyl (C=O) groups excluding carboxylic acids is 1. The average Bonchev–Trinajstić information content (AvgIpc) is 3.47. The van der Waals surface area contributed by atoms with Crippen LogP contribution in [0.2, 0.25) is 0 Å². The van der Waals surface area contributed by atoms with Gasteiger partial charge in [0.2, 0.25) is 5.91 Å². The lowest BCUT2D eigenvalue weighted by Gasteiger charge is -2.42. The van der Waals surface area contributed by atoms with Crippen LogP contribution in [0.25, 0.3) is 0 Å². The van der Waals surface area contributed by atoms with Gasteiger partial charge >= 0.3 is 47.9 Å². The molecule has 2 unspecified atom stereocenters. The van der Waals surface area contributed by atoms with Crippen molar-refractivity contribution >= 4 is 5.91 Å². The summed E-state index contributed by atoms with van der Waals surface area (Å²) in [5.74, 6) is -57.2. The van der Waals surface area contributed by atoms with Gasteiger partial charge in [-0.2, -0.15) is 61.5 Å². The van der Waals surface area contributed by atoms with Crippen molar-refractivity contribution < 1.29 is 75.0 Å². The first kappa shape index (κ1) is 29.4.